The van der Waals surface area contributed by atoms with Gasteiger partial charge in [0.2, 0.25) is 0 Å². The van der Waals surface area contributed by atoms with E-state index in [-0.39, 0.29) is 5.91 Å². The molecule has 0 N–H and O–H groups in total. The average molecular weight is 390 g/mol. The second-order valence-electron chi connectivity index (χ2n) is 7.80. The van der Waals surface area contributed by atoms with Crippen LogP contribution < -0.4 is 4.74 Å². The minimum Gasteiger partial charge on any atom is -0.490 e. The Bertz CT molecular complexity index is 1060. The highest BCUT2D eigenvalue weighted by Gasteiger charge is 2.27. The van der Waals surface area contributed by atoms with Crippen LogP contribution in [-0.2, 0) is 19.4 Å². The van der Waals surface area contributed by atoms with Crippen LogP contribution in [-0.4, -0.2) is 48.5 Å². The second kappa shape index (κ2) is 7.56. The lowest BCUT2D eigenvalue weighted by molar-refractivity contribution is 0.0713. The predicted octanol–water partition coefficient (Wildman–Crippen LogP) is 3.89. The maximum atomic E-state index is 12.8. The van der Waals surface area contributed by atoms with Gasteiger partial charge in [-0.05, 0) is 37.5 Å². The van der Waals surface area contributed by atoms with Crippen molar-refractivity contribution >= 4 is 16.9 Å². The number of hydrogen-bond acceptors (Lipinski definition) is 4. The number of amides is 1. The lowest BCUT2D eigenvalue weighted by atomic mass is 9.99. The van der Waals surface area contributed by atoms with Crippen LogP contribution >= 0.6 is 0 Å². The van der Waals surface area contributed by atoms with Crippen molar-refractivity contribution < 1.29 is 13.9 Å². The summed E-state index contributed by atoms with van der Waals surface area (Å²) in [6, 6.07) is 14.1. The van der Waals surface area contributed by atoms with E-state index < -0.39 is 0 Å². The molecular formula is C24H26N2O3. The largest absolute Gasteiger partial charge is 0.490 e. The zero-order chi connectivity index (χ0) is 19.8. The Kier molecular flexibility index (Phi) is 4.76. The number of para-hydroxylation sites is 1. The summed E-state index contributed by atoms with van der Waals surface area (Å²) in [6.07, 6.45) is 1.91. The molecule has 150 valence electrons. The number of nitrogens with zero attached hydrogens (tertiary/aromatic N) is 2. The maximum Gasteiger partial charge on any atom is 0.254 e. The van der Waals surface area contributed by atoms with E-state index in [2.05, 4.69) is 17.0 Å². The zero-order valence-electron chi connectivity index (χ0n) is 16.8. The molecule has 0 atom stereocenters. The summed E-state index contributed by atoms with van der Waals surface area (Å²) in [6.45, 7) is 6.81. The number of hydrogen-bond donors (Lipinski definition) is 0. The molecule has 2 aliphatic rings. The van der Waals surface area contributed by atoms with E-state index in [1.807, 2.05) is 42.2 Å². The number of ether oxygens (including phenoxy) is 1. The van der Waals surface area contributed by atoms with Crippen LogP contribution in [0.15, 0.2) is 46.9 Å². The summed E-state index contributed by atoms with van der Waals surface area (Å²) in [5, 5.41) is 1.17. The lowest BCUT2D eigenvalue weighted by Gasteiger charge is -2.32. The molecule has 2 aliphatic heterocycles. The van der Waals surface area contributed by atoms with Crippen LogP contribution in [0.5, 0.6) is 5.75 Å². The summed E-state index contributed by atoms with van der Waals surface area (Å²) >= 11 is 0. The lowest BCUT2D eigenvalue weighted by Crippen LogP contribution is -2.43. The third-order valence-corrected chi connectivity index (χ3v) is 6.08. The zero-order valence-corrected chi connectivity index (χ0v) is 16.8. The second-order valence-corrected chi connectivity index (χ2v) is 7.80. The number of carbonyl (C=O) groups excluding carboxylic acids is 1. The van der Waals surface area contributed by atoms with E-state index >= 15 is 0 Å². The maximum absolute atomic E-state index is 12.8. The molecular weight excluding hydrogens is 364 g/mol. The molecule has 0 saturated carbocycles. The number of rotatable bonds is 5. The van der Waals surface area contributed by atoms with Crippen LogP contribution in [0.4, 0.5) is 0 Å². The van der Waals surface area contributed by atoms with E-state index in [4.69, 9.17) is 9.15 Å². The molecule has 29 heavy (non-hydrogen) atoms. The molecule has 5 rings (SSSR count). The molecule has 0 unspecified atom stereocenters. The molecule has 0 aliphatic carbocycles. The van der Waals surface area contributed by atoms with Gasteiger partial charge in [-0.25, -0.2) is 0 Å². The molecule has 0 fully saturated rings. The molecule has 0 radical (unpaired) electrons. The van der Waals surface area contributed by atoms with Crippen molar-refractivity contribution in [1.29, 1.82) is 0 Å². The van der Waals surface area contributed by atoms with Gasteiger partial charge in [0.1, 0.15) is 5.76 Å². The van der Waals surface area contributed by atoms with Gasteiger partial charge in [-0.1, -0.05) is 30.3 Å². The fourth-order valence-corrected chi connectivity index (χ4v) is 4.56. The van der Waals surface area contributed by atoms with Gasteiger partial charge in [-0.3, -0.25) is 9.69 Å². The van der Waals surface area contributed by atoms with Crippen molar-refractivity contribution in [3.63, 3.8) is 0 Å². The van der Waals surface area contributed by atoms with Crippen molar-refractivity contribution in [1.82, 2.24) is 9.80 Å². The molecule has 0 bridgehead atoms. The van der Waals surface area contributed by atoms with Gasteiger partial charge in [0, 0.05) is 42.7 Å². The summed E-state index contributed by atoms with van der Waals surface area (Å²) in [7, 11) is 0. The third kappa shape index (κ3) is 3.29. The Hall–Kier alpha value is -2.79. The number of benzene rings is 2. The topological polar surface area (TPSA) is 45.9 Å². The highest BCUT2D eigenvalue weighted by atomic mass is 16.5. The van der Waals surface area contributed by atoms with Crippen molar-refractivity contribution in [2.24, 2.45) is 0 Å². The first kappa shape index (κ1) is 18.3. The smallest absolute Gasteiger partial charge is 0.254 e. The molecule has 2 aromatic carbocycles. The first-order valence-corrected chi connectivity index (χ1v) is 10.5. The van der Waals surface area contributed by atoms with E-state index in [0.29, 0.717) is 6.61 Å². The van der Waals surface area contributed by atoms with Gasteiger partial charge in [0.05, 0.1) is 13.2 Å². The van der Waals surface area contributed by atoms with Crippen LogP contribution in [0.25, 0.3) is 11.0 Å². The van der Waals surface area contributed by atoms with Crippen molar-refractivity contribution in [3.05, 3.63) is 64.9 Å². The monoisotopic (exact) mass is 390 g/mol. The van der Waals surface area contributed by atoms with Gasteiger partial charge >= 0.3 is 0 Å². The highest BCUT2D eigenvalue weighted by molar-refractivity contribution is 5.96. The van der Waals surface area contributed by atoms with Crippen LogP contribution in [0.3, 0.4) is 0 Å². The highest BCUT2D eigenvalue weighted by Crippen LogP contribution is 2.35. The summed E-state index contributed by atoms with van der Waals surface area (Å²) in [5.74, 6) is 2.02. The minimum atomic E-state index is 0.162. The minimum absolute atomic E-state index is 0.162. The first-order valence-electron chi connectivity index (χ1n) is 10.5. The molecule has 1 aromatic heterocycles. The Morgan fingerprint density at radius 2 is 1.93 bits per heavy atom. The summed E-state index contributed by atoms with van der Waals surface area (Å²) in [5.41, 5.74) is 4.20. The van der Waals surface area contributed by atoms with Gasteiger partial charge in [0.15, 0.2) is 11.3 Å². The van der Waals surface area contributed by atoms with Crippen LogP contribution in [0, 0.1) is 0 Å². The third-order valence-electron chi connectivity index (χ3n) is 6.08. The van der Waals surface area contributed by atoms with E-state index in [1.54, 1.807) is 0 Å². The van der Waals surface area contributed by atoms with E-state index in [9.17, 15) is 4.79 Å². The standard InChI is InChI=1S/C24H26N2O3/c1-2-28-21-9-5-8-20-19-11-12-25(16-22(19)29-23(20)21)14-15-26-13-10-17-6-3-4-7-18(17)24(26)27/h3-9H,2,10-16H2,1H3. The van der Waals surface area contributed by atoms with Gasteiger partial charge in [-0.2, -0.15) is 0 Å². The number of carbonyl (C=O) groups is 1. The van der Waals surface area contributed by atoms with E-state index in [0.717, 1.165) is 68.2 Å². The van der Waals surface area contributed by atoms with Gasteiger partial charge in [-0.15, -0.1) is 0 Å². The van der Waals surface area contributed by atoms with Crippen molar-refractivity contribution in [3.8, 4) is 5.75 Å². The molecule has 3 heterocycles. The van der Waals surface area contributed by atoms with Gasteiger partial charge in [0.25, 0.3) is 5.91 Å². The predicted molar refractivity (Wildman–Crippen MR) is 112 cm³/mol. The SMILES string of the molecule is CCOc1cccc2c3c(oc12)CN(CCN1CCc2ccccc2C1=O)CC3. The Morgan fingerprint density at radius 1 is 1.03 bits per heavy atom. The van der Waals surface area contributed by atoms with E-state index in [1.165, 1.54) is 16.5 Å². The van der Waals surface area contributed by atoms with Crippen molar-refractivity contribution in [2.75, 3.05) is 32.8 Å². The fourth-order valence-electron chi connectivity index (χ4n) is 4.56. The molecule has 3 aromatic rings. The Morgan fingerprint density at radius 3 is 2.83 bits per heavy atom. The number of fused-ring (bicyclic) bond motifs is 4. The van der Waals surface area contributed by atoms with Crippen molar-refractivity contribution in [2.45, 2.75) is 26.3 Å². The average Bonchev–Trinajstić information content (AvgIpc) is 3.13. The first-order chi connectivity index (χ1) is 14.2. The quantitative estimate of drug-likeness (QED) is 0.663. The molecule has 5 nitrogen and oxygen atoms in total. The summed E-state index contributed by atoms with van der Waals surface area (Å²) < 4.78 is 12.0. The van der Waals surface area contributed by atoms with Crippen LogP contribution in [0.1, 0.15) is 34.2 Å². The molecule has 1 amide bonds. The fraction of sp³-hybridized carbons (Fsp3) is 0.375. The summed E-state index contributed by atoms with van der Waals surface area (Å²) in [4.78, 5) is 17.2. The normalized spacial score (nSPS) is 16.7. The molecule has 5 heteroatoms. The van der Waals surface area contributed by atoms with Crippen LogP contribution in [0.2, 0.25) is 0 Å². The molecule has 0 spiro atoms. The Balaban J connectivity index is 1.28. The molecule has 0 saturated heterocycles. The van der Waals surface area contributed by atoms with Gasteiger partial charge < -0.3 is 14.1 Å². The number of furan rings is 1. The Labute approximate surface area is 170 Å².